The van der Waals surface area contributed by atoms with Crippen LogP contribution in [-0.4, -0.2) is 23.8 Å². The zero-order valence-corrected chi connectivity index (χ0v) is 13.8. The minimum Gasteiger partial charge on any atom is -0.307 e. The van der Waals surface area contributed by atoms with Crippen molar-refractivity contribution in [3.8, 4) is 0 Å². The molecule has 19 heavy (non-hydrogen) atoms. The molecule has 1 N–H and O–H groups in total. The Labute approximate surface area is 126 Å². The predicted octanol–water partition coefficient (Wildman–Crippen LogP) is 4.73. The van der Waals surface area contributed by atoms with E-state index >= 15 is 0 Å². The lowest BCUT2D eigenvalue weighted by atomic mass is 9.93. The molecule has 0 radical (unpaired) electrons. The second-order valence-electron chi connectivity index (χ2n) is 5.38. The molecular weight excluding hydrogens is 270 g/mol. The minimum absolute atomic E-state index is 0.460. The third-order valence-electron chi connectivity index (χ3n) is 4.06. The highest BCUT2D eigenvalue weighted by Crippen LogP contribution is 2.28. The van der Waals surface area contributed by atoms with Crippen LogP contribution < -0.4 is 5.32 Å². The van der Waals surface area contributed by atoms with Gasteiger partial charge in [0, 0.05) is 22.2 Å². The van der Waals surface area contributed by atoms with Crippen molar-refractivity contribution in [2.45, 2.75) is 54.8 Å². The summed E-state index contributed by atoms with van der Waals surface area (Å²) in [5.74, 6) is 0. The van der Waals surface area contributed by atoms with Crippen LogP contribution in [0.5, 0.6) is 0 Å². The first kappa shape index (κ1) is 15.3. The van der Waals surface area contributed by atoms with Crippen LogP contribution in [0.1, 0.15) is 44.2 Å². The monoisotopic (exact) mass is 295 g/mol. The van der Waals surface area contributed by atoms with Crippen molar-refractivity contribution in [1.82, 2.24) is 5.32 Å². The third-order valence-corrected chi connectivity index (χ3v) is 5.90. The topological polar surface area (TPSA) is 12.0 Å². The van der Waals surface area contributed by atoms with E-state index in [1.807, 2.05) is 11.8 Å². The van der Waals surface area contributed by atoms with Crippen LogP contribution in [-0.2, 0) is 0 Å². The second kappa shape index (κ2) is 7.61. The molecule has 1 aromatic carbocycles. The van der Waals surface area contributed by atoms with E-state index in [2.05, 4.69) is 49.0 Å². The van der Waals surface area contributed by atoms with Crippen molar-refractivity contribution in [2.24, 2.45) is 0 Å². The lowest BCUT2D eigenvalue weighted by Gasteiger charge is -2.31. The van der Waals surface area contributed by atoms with Gasteiger partial charge in [0.05, 0.1) is 0 Å². The quantitative estimate of drug-likeness (QED) is 0.788. The number of benzene rings is 1. The fraction of sp³-hybridized carbons (Fsp3) is 0.625. The number of hydrogen-bond acceptors (Lipinski definition) is 3. The lowest BCUT2D eigenvalue weighted by molar-refractivity contribution is 0.353. The van der Waals surface area contributed by atoms with E-state index in [0.717, 1.165) is 5.25 Å². The van der Waals surface area contributed by atoms with E-state index in [-0.39, 0.29) is 0 Å². The van der Waals surface area contributed by atoms with E-state index in [1.165, 1.54) is 36.1 Å². The smallest absolute Gasteiger partial charge is 0.0294 e. The molecule has 1 aromatic rings. The van der Waals surface area contributed by atoms with Crippen molar-refractivity contribution in [3.63, 3.8) is 0 Å². The fourth-order valence-electron chi connectivity index (χ4n) is 2.85. The summed E-state index contributed by atoms with van der Waals surface area (Å²) < 4.78 is 0. The third kappa shape index (κ3) is 4.44. The maximum atomic E-state index is 3.82. The van der Waals surface area contributed by atoms with Crippen LogP contribution in [0.4, 0.5) is 0 Å². The first-order valence-electron chi connectivity index (χ1n) is 7.15. The molecule has 1 aliphatic rings. The van der Waals surface area contributed by atoms with Crippen LogP contribution in [0.2, 0.25) is 0 Å². The van der Waals surface area contributed by atoms with Crippen LogP contribution in [0.15, 0.2) is 29.2 Å². The van der Waals surface area contributed by atoms with Crippen LogP contribution in [0.3, 0.4) is 0 Å². The summed E-state index contributed by atoms with van der Waals surface area (Å²) in [4.78, 5) is 1.34. The first-order valence-corrected chi connectivity index (χ1v) is 9.67. The molecule has 1 saturated carbocycles. The predicted molar refractivity (Wildman–Crippen MR) is 89.3 cm³/mol. The highest BCUT2D eigenvalue weighted by atomic mass is 32.2. The van der Waals surface area contributed by atoms with E-state index < -0.39 is 0 Å². The number of thioether (sulfide) groups is 2. The Bertz CT molecular complexity index is 377. The fourth-order valence-corrected chi connectivity index (χ4v) is 4.09. The average Bonchev–Trinajstić information content (AvgIpc) is 2.47. The standard InChI is InChI=1S/C16H25NS2/c1-12(13-7-9-15(18-2)10-8-13)17-14-5-4-6-16(11-14)19-3/h7-10,12,14,16-17H,4-6,11H2,1-3H3. The van der Waals surface area contributed by atoms with Crippen LogP contribution in [0.25, 0.3) is 0 Å². The Kier molecular flexibility index (Phi) is 6.11. The van der Waals surface area contributed by atoms with E-state index in [9.17, 15) is 0 Å². The summed E-state index contributed by atoms with van der Waals surface area (Å²) in [5, 5.41) is 4.68. The molecule has 1 fully saturated rings. The van der Waals surface area contributed by atoms with Gasteiger partial charge in [-0.15, -0.1) is 11.8 Å². The number of nitrogens with one attached hydrogen (secondary N) is 1. The Morgan fingerprint density at radius 3 is 2.53 bits per heavy atom. The van der Waals surface area contributed by atoms with Gasteiger partial charge in [0.2, 0.25) is 0 Å². The molecule has 0 bridgehead atoms. The van der Waals surface area contributed by atoms with E-state index in [1.54, 1.807) is 11.8 Å². The highest BCUT2D eigenvalue weighted by Gasteiger charge is 2.22. The molecule has 0 saturated heterocycles. The molecular formula is C16H25NS2. The maximum absolute atomic E-state index is 3.82. The summed E-state index contributed by atoms with van der Waals surface area (Å²) in [6.07, 6.45) is 9.81. The minimum atomic E-state index is 0.460. The maximum Gasteiger partial charge on any atom is 0.0294 e. The Morgan fingerprint density at radius 2 is 1.89 bits per heavy atom. The van der Waals surface area contributed by atoms with Gasteiger partial charge in [0.15, 0.2) is 0 Å². The van der Waals surface area contributed by atoms with Crippen molar-refractivity contribution >= 4 is 23.5 Å². The molecule has 3 heteroatoms. The van der Waals surface area contributed by atoms with E-state index in [0.29, 0.717) is 12.1 Å². The van der Waals surface area contributed by atoms with Gasteiger partial charge in [-0.3, -0.25) is 0 Å². The van der Waals surface area contributed by atoms with Crippen molar-refractivity contribution in [1.29, 1.82) is 0 Å². The van der Waals surface area contributed by atoms with Gasteiger partial charge in [-0.25, -0.2) is 0 Å². The molecule has 3 unspecified atom stereocenters. The first-order chi connectivity index (χ1) is 9.22. The van der Waals surface area contributed by atoms with Gasteiger partial charge in [-0.05, 0) is 56.4 Å². The van der Waals surface area contributed by atoms with Gasteiger partial charge in [0.1, 0.15) is 0 Å². The summed E-state index contributed by atoms with van der Waals surface area (Å²) in [6.45, 7) is 2.29. The Hall–Kier alpha value is -0.120. The number of hydrogen-bond donors (Lipinski definition) is 1. The molecule has 1 aliphatic carbocycles. The van der Waals surface area contributed by atoms with Crippen LogP contribution >= 0.6 is 23.5 Å². The number of rotatable bonds is 5. The van der Waals surface area contributed by atoms with Crippen molar-refractivity contribution < 1.29 is 0 Å². The zero-order valence-electron chi connectivity index (χ0n) is 12.2. The molecule has 0 spiro atoms. The molecule has 0 amide bonds. The molecule has 3 atom stereocenters. The van der Waals surface area contributed by atoms with Crippen molar-refractivity contribution in [2.75, 3.05) is 12.5 Å². The SMILES string of the molecule is CSc1ccc(C(C)NC2CCCC(SC)C2)cc1. The van der Waals surface area contributed by atoms with Crippen molar-refractivity contribution in [3.05, 3.63) is 29.8 Å². The molecule has 0 heterocycles. The van der Waals surface area contributed by atoms with E-state index in [4.69, 9.17) is 0 Å². The summed E-state index contributed by atoms with van der Waals surface area (Å²) in [7, 11) is 0. The normalized spacial score (nSPS) is 25.2. The molecule has 1 nitrogen and oxygen atoms in total. The van der Waals surface area contributed by atoms with Gasteiger partial charge in [0.25, 0.3) is 0 Å². The average molecular weight is 296 g/mol. The summed E-state index contributed by atoms with van der Waals surface area (Å²) in [6, 6.07) is 10.1. The molecule has 0 aromatic heterocycles. The largest absolute Gasteiger partial charge is 0.307 e. The molecule has 0 aliphatic heterocycles. The summed E-state index contributed by atoms with van der Waals surface area (Å²) in [5.41, 5.74) is 1.41. The Balaban J connectivity index is 1.90. The van der Waals surface area contributed by atoms with Gasteiger partial charge in [-0.1, -0.05) is 18.6 Å². The molecule has 106 valence electrons. The highest BCUT2D eigenvalue weighted by molar-refractivity contribution is 7.99. The van der Waals surface area contributed by atoms with Gasteiger partial charge in [-0.2, -0.15) is 11.8 Å². The summed E-state index contributed by atoms with van der Waals surface area (Å²) >= 11 is 3.84. The lowest BCUT2D eigenvalue weighted by Crippen LogP contribution is -2.36. The Morgan fingerprint density at radius 1 is 1.16 bits per heavy atom. The zero-order chi connectivity index (χ0) is 13.7. The van der Waals surface area contributed by atoms with Gasteiger partial charge < -0.3 is 5.32 Å². The van der Waals surface area contributed by atoms with Crippen LogP contribution in [0, 0.1) is 0 Å². The van der Waals surface area contributed by atoms with Gasteiger partial charge >= 0.3 is 0 Å². The second-order valence-corrected chi connectivity index (χ2v) is 7.40. The molecule has 2 rings (SSSR count).